The van der Waals surface area contributed by atoms with Gasteiger partial charge in [-0.2, -0.15) is 11.8 Å². The molecular weight excluding hydrogens is 322 g/mol. The summed E-state index contributed by atoms with van der Waals surface area (Å²) in [5.74, 6) is 1.08. The number of carbonyl (C=O) groups excluding carboxylic acids is 2. The van der Waals surface area contributed by atoms with E-state index in [9.17, 15) is 9.59 Å². The van der Waals surface area contributed by atoms with E-state index in [2.05, 4.69) is 10.6 Å². The van der Waals surface area contributed by atoms with Crippen LogP contribution in [0.25, 0.3) is 0 Å². The molecule has 1 fully saturated rings. The first-order valence-corrected chi connectivity index (χ1v) is 9.86. The predicted octanol–water partition coefficient (Wildman–Crippen LogP) is 1.32. The van der Waals surface area contributed by atoms with Gasteiger partial charge in [0.2, 0.25) is 11.8 Å². The Morgan fingerprint density at radius 3 is 2.54 bits per heavy atom. The molecule has 0 heterocycles. The fraction of sp³-hybridized carbons (Fsp3) is 0.556. The normalized spacial score (nSPS) is 16.2. The van der Waals surface area contributed by atoms with Gasteiger partial charge >= 0.3 is 0 Å². The Kier molecular flexibility index (Phi) is 7.59. The average molecular weight is 350 g/mol. The van der Waals surface area contributed by atoms with Crippen LogP contribution in [0.2, 0.25) is 0 Å². The SMILES string of the molecule is CSCCC(NC(=O)Cc1ccccc1)C(=O)NC(CN)C1CC1. The molecule has 1 aromatic rings. The van der Waals surface area contributed by atoms with Crippen LogP contribution in [0.15, 0.2) is 30.3 Å². The summed E-state index contributed by atoms with van der Waals surface area (Å²) >= 11 is 1.67. The van der Waals surface area contributed by atoms with Crippen molar-refractivity contribution in [1.29, 1.82) is 0 Å². The van der Waals surface area contributed by atoms with Crippen LogP contribution in [0.5, 0.6) is 0 Å². The molecule has 1 aromatic carbocycles. The molecule has 5 nitrogen and oxygen atoms in total. The summed E-state index contributed by atoms with van der Waals surface area (Å²) in [6.45, 7) is 0.448. The highest BCUT2D eigenvalue weighted by Gasteiger charge is 2.33. The lowest BCUT2D eigenvalue weighted by atomic mass is 10.1. The number of benzene rings is 1. The minimum absolute atomic E-state index is 0.0281. The van der Waals surface area contributed by atoms with Crippen molar-refractivity contribution in [3.63, 3.8) is 0 Å². The summed E-state index contributed by atoms with van der Waals surface area (Å²) in [5.41, 5.74) is 6.70. The summed E-state index contributed by atoms with van der Waals surface area (Å²) in [5, 5.41) is 5.90. The number of carbonyl (C=O) groups is 2. The van der Waals surface area contributed by atoms with Crippen LogP contribution in [0.3, 0.4) is 0 Å². The van der Waals surface area contributed by atoms with Crippen molar-refractivity contribution < 1.29 is 9.59 Å². The number of rotatable bonds is 10. The number of hydrogen-bond donors (Lipinski definition) is 3. The molecule has 0 bridgehead atoms. The number of thioether (sulfide) groups is 1. The fourth-order valence-corrected chi connectivity index (χ4v) is 3.15. The van der Waals surface area contributed by atoms with Crippen LogP contribution in [-0.2, 0) is 16.0 Å². The maximum Gasteiger partial charge on any atom is 0.242 e. The second-order valence-electron chi connectivity index (χ2n) is 6.25. The molecule has 2 amide bonds. The maximum atomic E-state index is 12.5. The van der Waals surface area contributed by atoms with Gasteiger partial charge in [0.25, 0.3) is 0 Å². The van der Waals surface area contributed by atoms with Crippen molar-refractivity contribution >= 4 is 23.6 Å². The van der Waals surface area contributed by atoms with E-state index >= 15 is 0 Å². The Morgan fingerprint density at radius 1 is 1.25 bits per heavy atom. The fourth-order valence-electron chi connectivity index (χ4n) is 2.68. The van der Waals surface area contributed by atoms with E-state index in [-0.39, 0.29) is 24.3 Å². The van der Waals surface area contributed by atoms with Crippen LogP contribution < -0.4 is 16.4 Å². The van der Waals surface area contributed by atoms with Crippen molar-refractivity contribution in [2.24, 2.45) is 11.7 Å². The van der Waals surface area contributed by atoms with E-state index in [0.29, 0.717) is 18.9 Å². The third-order valence-electron chi connectivity index (χ3n) is 4.24. The Labute approximate surface area is 148 Å². The summed E-state index contributed by atoms with van der Waals surface area (Å²) < 4.78 is 0. The maximum absolute atomic E-state index is 12.5. The van der Waals surface area contributed by atoms with Crippen molar-refractivity contribution in [1.82, 2.24) is 10.6 Å². The van der Waals surface area contributed by atoms with Crippen LogP contribution in [0, 0.1) is 5.92 Å². The summed E-state index contributed by atoms with van der Waals surface area (Å²) in [6.07, 6.45) is 5.14. The highest BCUT2D eigenvalue weighted by Crippen LogP contribution is 2.32. The molecule has 0 aromatic heterocycles. The third kappa shape index (κ3) is 6.17. The van der Waals surface area contributed by atoms with E-state index < -0.39 is 6.04 Å². The molecule has 0 saturated heterocycles. The second-order valence-corrected chi connectivity index (χ2v) is 7.24. The van der Waals surface area contributed by atoms with Crippen LogP contribution in [0.1, 0.15) is 24.8 Å². The zero-order valence-corrected chi connectivity index (χ0v) is 15.0. The van der Waals surface area contributed by atoms with Crippen LogP contribution >= 0.6 is 11.8 Å². The standard InChI is InChI=1S/C18H27N3O2S/c1-24-10-9-15(18(23)21-16(12-19)14-7-8-14)20-17(22)11-13-5-3-2-4-6-13/h2-6,14-16H,7-12,19H2,1H3,(H,20,22)(H,21,23). The quantitative estimate of drug-likeness (QED) is 0.595. The van der Waals surface area contributed by atoms with E-state index in [1.807, 2.05) is 36.6 Å². The lowest BCUT2D eigenvalue weighted by molar-refractivity contribution is -0.129. The van der Waals surface area contributed by atoms with Gasteiger partial charge in [0.15, 0.2) is 0 Å². The van der Waals surface area contributed by atoms with Crippen molar-refractivity contribution in [2.75, 3.05) is 18.6 Å². The molecule has 0 spiro atoms. The zero-order chi connectivity index (χ0) is 17.4. The van der Waals surface area contributed by atoms with Crippen LogP contribution in [-0.4, -0.2) is 42.5 Å². The molecule has 2 atom stereocenters. The van der Waals surface area contributed by atoms with Crippen molar-refractivity contribution in [2.45, 2.75) is 37.8 Å². The van der Waals surface area contributed by atoms with E-state index in [1.165, 1.54) is 0 Å². The van der Waals surface area contributed by atoms with Gasteiger partial charge in [-0.3, -0.25) is 9.59 Å². The van der Waals surface area contributed by atoms with Gasteiger partial charge in [-0.25, -0.2) is 0 Å². The number of hydrogen-bond acceptors (Lipinski definition) is 4. The first kappa shape index (κ1) is 18.8. The summed E-state index contributed by atoms with van der Waals surface area (Å²) in [4.78, 5) is 24.8. The monoisotopic (exact) mass is 349 g/mol. The molecule has 0 aliphatic heterocycles. The lowest BCUT2D eigenvalue weighted by Crippen LogP contribution is -2.52. The highest BCUT2D eigenvalue weighted by molar-refractivity contribution is 7.98. The van der Waals surface area contributed by atoms with Crippen LogP contribution in [0.4, 0.5) is 0 Å². The van der Waals surface area contributed by atoms with Gasteiger partial charge in [0.1, 0.15) is 6.04 Å². The predicted molar refractivity (Wildman–Crippen MR) is 98.8 cm³/mol. The van der Waals surface area contributed by atoms with E-state index in [1.54, 1.807) is 11.8 Å². The number of nitrogens with two attached hydrogens (primary N) is 1. The topological polar surface area (TPSA) is 84.2 Å². The van der Waals surface area contributed by atoms with Gasteiger partial charge in [0, 0.05) is 12.6 Å². The van der Waals surface area contributed by atoms with Crippen molar-refractivity contribution in [3.8, 4) is 0 Å². The summed E-state index contributed by atoms with van der Waals surface area (Å²) in [7, 11) is 0. The smallest absolute Gasteiger partial charge is 0.242 e. The van der Waals surface area contributed by atoms with Gasteiger partial charge < -0.3 is 16.4 Å². The lowest BCUT2D eigenvalue weighted by Gasteiger charge is -2.22. The second kappa shape index (κ2) is 9.69. The Morgan fingerprint density at radius 2 is 1.96 bits per heavy atom. The molecule has 2 unspecified atom stereocenters. The van der Waals surface area contributed by atoms with Gasteiger partial charge in [-0.05, 0) is 42.8 Å². The van der Waals surface area contributed by atoms with Crippen molar-refractivity contribution in [3.05, 3.63) is 35.9 Å². The van der Waals surface area contributed by atoms with Gasteiger partial charge in [-0.15, -0.1) is 0 Å². The molecule has 4 N–H and O–H groups in total. The molecule has 2 rings (SSSR count). The summed E-state index contributed by atoms with van der Waals surface area (Å²) in [6, 6.07) is 9.08. The largest absolute Gasteiger partial charge is 0.350 e. The molecule has 24 heavy (non-hydrogen) atoms. The molecule has 1 aliphatic carbocycles. The van der Waals surface area contributed by atoms with Gasteiger partial charge in [-0.1, -0.05) is 30.3 Å². The molecular formula is C18H27N3O2S. The Balaban J connectivity index is 1.90. The minimum atomic E-state index is -0.499. The number of amides is 2. The first-order valence-electron chi connectivity index (χ1n) is 8.46. The number of nitrogens with one attached hydrogen (secondary N) is 2. The average Bonchev–Trinajstić information content (AvgIpc) is 3.42. The highest BCUT2D eigenvalue weighted by atomic mass is 32.2. The third-order valence-corrected chi connectivity index (χ3v) is 4.89. The minimum Gasteiger partial charge on any atom is -0.350 e. The zero-order valence-electron chi connectivity index (χ0n) is 14.2. The Hall–Kier alpha value is -1.53. The van der Waals surface area contributed by atoms with E-state index in [0.717, 1.165) is 24.2 Å². The van der Waals surface area contributed by atoms with Gasteiger partial charge in [0.05, 0.1) is 6.42 Å². The molecule has 132 valence electrons. The molecule has 1 saturated carbocycles. The van der Waals surface area contributed by atoms with E-state index in [4.69, 9.17) is 5.73 Å². The molecule has 6 heteroatoms. The molecule has 0 radical (unpaired) electrons. The first-order chi connectivity index (χ1) is 11.6. The molecule has 1 aliphatic rings. The Bertz CT molecular complexity index is 534.